The first-order chi connectivity index (χ1) is 9.81. The van der Waals surface area contributed by atoms with Crippen molar-refractivity contribution >= 4 is 37.6 Å². The summed E-state index contributed by atoms with van der Waals surface area (Å²) in [6.45, 7) is 3.76. The van der Waals surface area contributed by atoms with Crippen molar-refractivity contribution in [2.45, 2.75) is 24.8 Å². The van der Waals surface area contributed by atoms with E-state index in [2.05, 4.69) is 20.7 Å². The first kappa shape index (κ1) is 16.5. The van der Waals surface area contributed by atoms with Gasteiger partial charge in [-0.05, 0) is 43.2 Å². The molecule has 0 fully saturated rings. The lowest BCUT2D eigenvalue weighted by Gasteiger charge is -2.17. The number of aryl methyl sites for hydroxylation is 1. The van der Waals surface area contributed by atoms with Crippen LogP contribution in [0.1, 0.15) is 24.1 Å². The number of benzene rings is 2. The molecule has 0 bridgehead atoms. The Kier molecular flexibility index (Phi) is 5.09. The quantitative estimate of drug-likeness (QED) is 0.841. The Hall–Kier alpha value is -0.880. The normalized spacial score (nSPS) is 13.1. The fourth-order valence-electron chi connectivity index (χ4n) is 2.13. The molecule has 3 nitrogen and oxygen atoms in total. The van der Waals surface area contributed by atoms with Crippen molar-refractivity contribution in [3.63, 3.8) is 0 Å². The lowest BCUT2D eigenvalue weighted by molar-refractivity contribution is 0.566. The zero-order valence-corrected chi connectivity index (χ0v) is 14.8. The maximum atomic E-state index is 12.4. The molecule has 0 aromatic heterocycles. The van der Waals surface area contributed by atoms with E-state index in [1.54, 1.807) is 12.1 Å². The van der Waals surface area contributed by atoms with Crippen molar-refractivity contribution in [3.05, 3.63) is 63.1 Å². The minimum atomic E-state index is -3.67. The van der Waals surface area contributed by atoms with Crippen LogP contribution in [0, 0.1) is 6.92 Å². The monoisotopic (exact) mass is 387 g/mol. The van der Waals surface area contributed by atoms with Gasteiger partial charge in [0.1, 0.15) is 4.90 Å². The summed E-state index contributed by atoms with van der Waals surface area (Å²) in [5, 5.41) is 0.189. The summed E-state index contributed by atoms with van der Waals surface area (Å²) in [7, 11) is -3.67. The number of nitrogens with one attached hydrogen (secondary N) is 1. The van der Waals surface area contributed by atoms with Crippen LogP contribution in [0.3, 0.4) is 0 Å². The molecule has 2 aromatic rings. The van der Waals surface area contributed by atoms with Gasteiger partial charge < -0.3 is 0 Å². The van der Waals surface area contributed by atoms with Gasteiger partial charge in [-0.2, -0.15) is 0 Å². The Morgan fingerprint density at radius 3 is 2.48 bits per heavy atom. The van der Waals surface area contributed by atoms with E-state index < -0.39 is 10.0 Å². The Labute approximate surface area is 138 Å². The summed E-state index contributed by atoms with van der Waals surface area (Å²) in [4.78, 5) is 0.0767. The molecule has 0 radical (unpaired) electrons. The summed E-state index contributed by atoms with van der Waals surface area (Å²) >= 11 is 9.29. The van der Waals surface area contributed by atoms with E-state index in [9.17, 15) is 8.42 Å². The van der Waals surface area contributed by atoms with E-state index in [1.165, 1.54) is 6.07 Å². The summed E-state index contributed by atoms with van der Waals surface area (Å²) in [5.41, 5.74) is 1.98. The Bertz CT molecular complexity index is 762. The Balaban J connectivity index is 2.31. The van der Waals surface area contributed by atoms with Crippen LogP contribution in [-0.4, -0.2) is 8.42 Å². The highest BCUT2D eigenvalue weighted by molar-refractivity contribution is 9.10. The van der Waals surface area contributed by atoms with Crippen molar-refractivity contribution in [1.82, 2.24) is 4.72 Å². The maximum Gasteiger partial charge on any atom is 0.242 e. The molecule has 0 heterocycles. The summed E-state index contributed by atoms with van der Waals surface area (Å²) in [5.74, 6) is 0. The summed E-state index contributed by atoms with van der Waals surface area (Å²) < 4.78 is 28.3. The second kappa shape index (κ2) is 6.48. The Morgan fingerprint density at radius 1 is 1.19 bits per heavy atom. The second-order valence-corrected chi connectivity index (χ2v) is 7.78. The van der Waals surface area contributed by atoms with E-state index in [1.807, 2.05) is 38.1 Å². The molecule has 0 aliphatic carbocycles. The SMILES string of the molecule is Cc1ccccc1C(C)NS(=O)(=O)c1ccc(Br)cc1Cl. The van der Waals surface area contributed by atoms with Gasteiger partial charge in [0.2, 0.25) is 10.0 Å². The topological polar surface area (TPSA) is 46.2 Å². The molecule has 6 heteroatoms. The minimum Gasteiger partial charge on any atom is -0.207 e. The van der Waals surface area contributed by atoms with Gasteiger partial charge in [0.05, 0.1) is 5.02 Å². The van der Waals surface area contributed by atoms with Gasteiger partial charge >= 0.3 is 0 Å². The fraction of sp³-hybridized carbons (Fsp3) is 0.200. The molecule has 0 saturated carbocycles. The van der Waals surface area contributed by atoms with Crippen molar-refractivity contribution in [3.8, 4) is 0 Å². The molecule has 21 heavy (non-hydrogen) atoms. The molecule has 0 saturated heterocycles. The summed E-state index contributed by atoms with van der Waals surface area (Å²) in [6.07, 6.45) is 0. The fourth-order valence-corrected chi connectivity index (χ4v) is 4.39. The van der Waals surface area contributed by atoms with Gasteiger partial charge in [0.25, 0.3) is 0 Å². The minimum absolute atomic E-state index is 0.0767. The van der Waals surface area contributed by atoms with Gasteiger partial charge in [-0.25, -0.2) is 13.1 Å². The van der Waals surface area contributed by atoms with Crippen molar-refractivity contribution in [1.29, 1.82) is 0 Å². The van der Waals surface area contributed by atoms with E-state index in [4.69, 9.17) is 11.6 Å². The molecular weight excluding hydrogens is 374 g/mol. The third-order valence-corrected chi connectivity index (χ3v) is 5.69. The zero-order valence-electron chi connectivity index (χ0n) is 11.6. The Morgan fingerprint density at radius 2 is 1.86 bits per heavy atom. The molecule has 112 valence electrons. The van der Waals surface area contributed by atoms with E-state index in [-0.39, 0.29) is 16.0 Å². The highest BCUT2D eigenvalue weighted by Crippen LogP contribution is 2.27. The molecule has 1 unspecified atom stereocenters. The van der Waals surface area contributed by atoms with Crippen LogP contribution < -0.4 is 4.72 Å². The molecule has 0 amide bonds. The predicted molar refractivity (Wildman–Crippen MR) is 89.1 cm³/mol. The summed E-state index contributed by atoms with van der Waals surface area (Å²) in [6, 6.07) is 12.0. The van der Waals surface area contributed by atoms with Gasteiger partial charge in [0, 0.05) is 10.5 Å². The zero-order chi connectivity index (χ0) is 15.6. The van der Waals surface area contributed by atoms with Crippen molar-refractivity contribution < 1.29 is 8.42 Å². The molecule has 1 atom stereocenters. The maximum absolute atomic E-state index is 12.4. The number of sulfonamides is 1. The largest absolute Gasteiger partial charge is 0.242 e. The predicted octanol–water partition coefficient (Wildman–Crippen LogP) is 4.45. The highest BCUT2D eigenvalue weighted by atomic mass is 79.9. The number of rotatable bonds is 4. The third-order valence-electron chi connectivity index (χ3n) is 3.17. The molecule has 1 N–H and O–H groups in total. The van der Waals surface area contributed by atoms with Crippen LogP contribution in [0.5, 0.6) is 0 Å². The lowest BCUT2D eigenvalue weighted by Crippen LogP contribution is -2.27. The van der Waals surface area contributed by atoms with Crippen LogP contribution >= 0.6 is 27.5 Å². The second-order valence-electron chi connectivity index (χ2n) is 4.77. The average Bonchev–Trinajstić information content (AvgIpc) is 2.37. The van der Waals surface area contributed by atoms with Crippen LogP contribution in [0.15, 0.2) is 51.8 Å². The lowest BCUT2D eigenvalue weighted by atomic mass is 10.0. The third kappa shape index (κ3) is 3.86. The van der Waals surface area contributed by atoms with E-state index in [0.29, 0.717) is 0 Å². The van der Waals surface area contributed by atoms with Crippen LogP contribution in [0.4, 0.5) is 0 Å². The average molecular weight is 389 g/mol. The van der Waals surface area contributed by atoms with Crippen LogP contribution in [0.2, 0.25) is 5.02 Å². The smallest absolute Gasteiger partial charge is 0.207 e. The van der Waals surface area contributed by atoms with E-state index >= 15 is 0 Å². The standard InChI is InChI=1S/C15H15BrClNO2S/c1-10-5-3-4-6-13(10)11(2)18-21(19,20)15-8-7-12(16)9-14(15)17/h3-9,11,18H,1-2H3. The van der Waals surface area contributed by atoms with Gasteiger partial charge in [-0.1, -0.05) is 51.8 Å². The first-order valence-corrected chi connectivity index (χ1v) is 8.99. The van der Waals surface area contributed by atoms with Crippen LogP contribution in [0.25, 0.3) is 0 Å². The number of hydrogen-bond acceptors (Lipinski definition) is 2. The van der Waals surface area contributed by atoms with Gasteiger partial charge in [-0.3, -0.25) is 0 Å². The molecule has 0 spiro atoms. The van der Waals surface area contributed by atoms with Crippen molar-refractivity contribution in [2.75, 3.05) is 0 Å². The van der Waals surface area contributed by atoms with E-state index in [0.717, 1.165) is 15.6 Å². The molecule has 2 rings (SSSR count). The number of halogens is 2. The molecule has 0 aliphatic heterocycles. The number of hydrogen-bond donors (Lipinski definition) is 1. The van der Waals surface area contributed by atoms with Crippen molar-refractivity contribution in [2.24, 2.45) is 0 Å². The molecule has 2 aromatic carbocycles. The van der Waals surface area contributed by atoms with Gasteiger partial charge in [0.15, 0.2) is 0 Å². The molecule has 0 aliphatic rings. The van der Waals surface area contributed by atoms with Crippen LogP contribution in [-0.2, 0) is 10.0 Å². The molecular formula is C15H15BrClNO2S. The van der Waals surface area contributed by atoms with Gasteiger partial charge in [-0.15, -0.1) is 0 Å². The highest BCUT2D eigenvalue weighted by Gasteiger charge is 2.21. The first-order valence-electron chi connectivity index (χ1n) is 6.34.